The monoisotopic (exact) mass is 356 g/mol. The Bertz CT molecular complexity index is 737. The van der Waals surface area contributed by atoms with Gasteiger partial charge in [-0.2, -0.15) is 5.10 Å². The van der Waals surface area contributed by atoms with Crippen molar-refractivity contribution in [3.8, 4) is 11.4 Å². The molecule has 0 spiro atoms. The molecule has 0 saturated carbocycles. The molecule has 1 heterocycles. The zero-order chi connectivity index (χ0) is 18.8. The number of ether oxygens (including phenoxy) is 1. The molecule has 0 aliphatic heterocycles. The van der Waals surface area contributed by atoms with E-state index in [0.29, 0.717) is 6.61 Å². The van der Waals surface area contributed by atoms with Crippen LogP contribution in [0.15, 0.2) is 41.5 Å². The van der Waals surface area contributed by atoms with E-state index in [2.05, 4.69) is 34.3 Å². The van der Waals surface area contributed by atoms with Crippen LogP contribution in [-0.4, -0.2) is 29.9 Å². The lowest BCUT2D eigenvalue weighted by atomic mass is 10.2. The van der Waals surface area contributed by atoms with Crippen LogP contribution in [0.2, 0.25) is 0 Å². The highest BCUT2D eigenvalue weighted by Crippen LogP contribution is 2.28. The highest BCUT2D eigenvalue weighted by Gasteiger charge is 2.13. The quantitative estimate of drug-likeness (QED) is 0.227. The third-order valence-corrected chi connectivity index (χ3v) is 3.71. The van der Waals surface area contributed by atoms with Crippen molar-refractivity contribution in [3.05, 3.63) is 42.1 Å². The molecule has 2 rings (SSSR count). The Balaban J connectivity index is 2.40. The van der Waals surface area contributed by atoms with E-state index in [1.165, 1.54) is 0 Å². The largest absolute Gasteiger partial charge is 0.491 e. The van der Waals surface area contributed by atoms with E-state index in [1.807, 2.05) is 36.4 Å². The van der Waals surface area contributed by atoms with E-state index in [4.69, 9.17) is 15.9 Å². The van der Waals surface area contributed by atoms with Crippen LogP contribution in [0, 0.1) is 5.41 Å². The summed E-state index contributed by atoms with van der Waals surface area (Å²) in [6.07, 6.45) is 4.76. The second-order valence-electron chi connectivity index (χ2n) is 5.86. The van der Waals surface area contributed by atoms with E-state index in [0.717, 1.165) is 48.8 Å². The molecular formula is C19H28N6O. The summed E-state index contributed by atoms with van der Waals surface area (Å²) in [7, 11) is 0. The predicted molar refractivity (Wildman–Crippen MR) is 108 cm³/mol. The van der Waals surface area contributed by atoms with Crippen LogP contribution in [0.4, 0.5) is 5.82 Å². The number of anilines is 1. The maximum Gasteiger partial charge on any atom is 0.206 e. The lowest BCUT2D eigenvalue weighted by Gasteiger charge is -2.17. The summed E-state index contributed by atoms with van der Waals surface area (Å²) >= 11 is 0. The summed E-state index contributed by atoms with van der Waals surface area (Å²) in [5, 5.41) is 14.7. The van der Waals surface area contributed by atoms with Gasteiger partial charge in [-0.1, -0.05) is 32.4 Å². The zero-order valence-corrected chi connectivity index (χ0v) is 15.5. The van der Waals surface area contributed by atoms with Crippen LogP contribution in [-0.2, 0) is 0 Å². The predicted octanol–water partition coefficient (Wildman–Crippen LogP) is 3.30. The molecular weight excluding hydrogens is 328 g/mol. The number of nitrogens with two attached hydrogens (primary N) is 1. The Morgan fingerprint density at radius 1 is 1.23 bits per heavy atom. The number of guanidine groups is 1. The summed E-state index contributed by atoms with van der Waals surface area (Å²) in [5.74, 6) is 1.58. The summed E-state index contributed by atoms with van der Waals surface area (Å²) in [5.41, 5.74) is 9.53. The highest BCUT2D eigenvalue weighted by molar-refractivity contribution is 5.83. The first-order valence-corrected chi connectivity index (χ1v) is 8.98. The third-order valence-electron chi connectivity index (χ3n) is 3.71. The molecule has 0 fully saturated rings. The van der Waals surface area contributed by atoms with Gasteiger partial charge in [0.1, 0.15) is 11.6 Å². The van der Waals surface area contributed by atoms with E-state index in [-0.39, 0.29) is 5.96 Å². The first-order chi connectivity index (χ1) is 12.7. The van der Waals surface area contributed by atoms with Gasteiger partial charge in [-0.3, -0.25) is 9.98 Å². The van der Waals surface area contributed by atoms with Crippen molar-refractivity contribution in [2.24, 2.45) is 10.8 Å². The van der Waals surface area contributed by atoms with Gasteiger partial charge in [0.05, 0.1) is 24.2 Å². The van der Waals surface area contributed by atoms with Gasteiger partial charge >= 0.3 is 0 Å². The molecule has 7 heteroatoms. The number of hydrogen-bond acceptors (Lipinski definition) is 4. The Labute approximate surface area is 154 Å². The molecule has 0 atom stereocenters. The number of hydrazone groups is 1. The van der Waals surface area contributed by atoms with E-state index >= 15 is 0 Å². The van der Waals surface area contributed by atoms with Crippen molar-refractivity contribution in [2.45, 2.75) is 33.1 Å². The molecule has 5 N–H and O–H groups in total. The number of nitrogens with one attached hydrogen (secondary N) is 3. The molecule has 26 heavy (non-hydrogen) atoms. The average molecular weight is 356 g/mol. The molecule has 0 saturated heterocycles. The van der Waals surface area contributed by atoms with E-state index in [1.54, 1.807) is 6.21 Å². The molecule has 140 valence electrons. The summed E-state index contributed by atoms with van der Waals surface area (Å²) in [6, 6.07) is 11.9. The smallest absolute Gasteiger partial charge is 0.206 e. The van der Waals surface area contributed by atoms with Crippen molar-refractivity contribution >= 4 is 18.0 Å². The molecule has 1 aromatic heterocycles. The van der Waals surface area contributed by atoms with Crippen molar-refractivity contribution < 1.29 is 4.74 Å². The lowest BCUT2D eigenvalue weighted by Crippen LogP contribution is -2.25. The average Bonchev–Trinajstić information content (AvgIpc) is 3.03. The van der Waals surface area contributed by atoms with Gasteiger partial charge in [0.2, 0.25) is 5.96 Å². The number of hydrogen-bond donors (Lipinski definition) is 4. The molecule has 2 aromatic rings. The van der Waals surface area contributed by atoms with Crippen LogP contribution in [0.3, 0.4) is 0 Å². The summed E-state index contributed by atoms with van der Waals surface area (Å²) < 4.78 is 8.05. The standard InChI is InChI=1S/C19H28N6O/c1-3-5-13-26-17-9-7-6-8-16(17)25-15(14-23-24-19(20)21)10-11-18(25)22-12-4-2/h6-11,14,22H,3-5,12-13H2,1-2H3,(H4,20,21,24). The topological polar surface area (TPSA) is 100 Å². The van der Waals surface area contributed by atoms with E-state index < -0.39 is 0 Å². The highest BCUT2D eigenvalue weighted by atomic mass is 16.5. The van der Waals surface area contributed by atoms with Gasteiger partial charge < -0.3 is 15.8 Å². The molecule has 0 bridgehead atoms. The van der Waals surface area contributed by atoms with Crippen LogP contribution in [0.1, 0.15) is 38.8 Å². The second-order valence-corrected chi connectivity index (χ2v) is 5.86. The van der Waals surface area contributed by atoms with Gasteiger partial charge in [-0.25, -0.2) is 5.43 Å². The van der Waals surface area contributed by atoms with Crippen molar-refractivity contribution in [1.82, 2.24) is 9.99 Å². The summed E-state index contributed by atoms with van der Waals surface area (Å²) in [4.78, 5) is 0. The SMILES string of the molecule is CCCCOc1ccccc1-n1c(C=NNC(=N)N)ccc1NCCC. The van der Waals surface area contributed by atoms with Gasteiger partial charge in [-0.15, -0.1) is 0 Å². The molecule has 1 aromatic carbocycles. The lowest BCUT2D eigenvalue weighted by molar-refractivity contribution is 0.308. The normalized spacial score (nSPS) is 10.8. The Morgan fingerprint density at radius 2 is 2.04 bits per heavy atom. The number of unbranched alkanes of at least 4 members (excludes halogenated alkanes) is 1. The fourth-order valence-electron chi connectivity index (χ4n) is 2.47. The fourth-order valence-corrected chi connectivity index (χ4v) is 2.47. The minimum atomic E-state index is -0.202. The number of benzene rings is 1. The molecule has 0 aliphatic carbocycles. The van der Waals surface area contributed by atoms with Crippen molar-refractivity contribution in [3.63, 3.8) is 0 Å². The Morgan fingerprint density at radius 3 is 2.77 bits per heavy atom. The number of para-hydroxylation sites is 2. The molecule has 7 nitrogen and oxygen atoms in total. The third kappa shape index (κ3) is 5.27. The van der Waals surface area contributed by atoms with Crippen LogP contribution in [0.5, 0.6) is 5.75 Å². The van der Waals surface area contributed by atoms with Crippen molar-refractivity contribution in [1.29, 1.82) is 5.41 Å². The Hall–Kier alpha value is -2.96. The fraction of sp³-hybridized carbons (Fsp3) is 0.368. The maximum atomic E-state index is 7.22. The molecule has 0 aliphatic rings. The van der Waals surface area contributed by atoms with Gasteiger partial charge in [0.15, 0.2) is 0 Å². The number of aromatic nitrogens is 1. The van der Waals surface area contributed by atoms with Gasteiger partial charge in [0, 0.05) is 6.54 Å². The summed E-state index contributed by atoms with van der Waals surface area (Å²) in [6.45, 7) is 5.82. The maximum absolute atomic E-state index is 7.22. The Kier molecular flexibility index (Phi) is 7.54. The molecule has 0 radical (unpaired) electrons. The van der Waals surface area contributed by atoms with E-state index in [9.17, 15) is 0 Å². The van der Waals surface area contributed by atoms with Gasteiger partial charge in [0.25, 0.3) is 0 Å². The number of rotatable bonds is 10. The number of nitrogens with zero attached hydrogens (tertiary/aromatic N) is 2. The minimum Gasteiger partial charge on any atom is -0.491 e. The molecule has 0 unspecified atom stereocenters. The molecule has 0 amide bonds. The van der Waals surface area contributed by atoms with Crippen LogP contribution >= 0.6 is 0 Å². The zero-order valence-electron chi connectivity index (χ0n) is 15.5. The first-order valence-electron chi connectivity index (χ1n) is 8.98. The van der Waals surface area contributed by atoms with Gasteiger partial charge in [-0.05, 0) is 37.1 Å². The minimum absolute atomic E-state index is 0.202. The van der Waals surface area contributed by atoms with Crippen LogP contribution in [0.25, 0.3) is 5.69 Å². The second kappa shape index (κ2) is 10.1. The van der Waals surface area contributed by atoms with Crippen molar-refractivity contribution in [2.75, 3.05) is 18.5 Å². The van der Waals surface area contributed by atoms with Crippen LogP contribution < -0.4 is 21.2 Å². The first kappa shape index (κ1) is 19.4.